The second-order valence-corrected chi connectivity index (χ2v) is 8.36. The van der Waals surface area contributed by atoms with Gasteiger partial charge in [-0.1, -0.05) is 28.1 Å². The predicted molar refractivity (Wildman–Crippen MR) is 94.8 cm³/mol. The molecule has 0 aromatic heterocycles. The van der Waals surface area contributed by atoms with Gasteiger partial charge in [-0.15, -0.1) is 0 Å². The van der Waals surface area contributed by atoms with Crippen LogP contribution in [0.2, 0.25) is 0 Å². The van der Waals surface area contributed by atoms with E-state index in [1.165, 1.54) is 6.26 Å². The van der Waals surface area contributed by atoms with Gasteiger partial charge in [0.25, 0.3) is 0 Å². The zero-order chi connectivity index (χ0) is 17.7. The first-order valence-electron chi connectivity index (χ1n) is 7.05. The van der Waals surface area contributed by atoms with Crippen LogP contribution in [0.1, 0.15) is 21.5 Å². The lowest BCUT2D eigenvalue weighted by Gasteiger charge is -2.10. The van der Waals surface area contributed by atoms with E-state index in [2.05, 4.69) is 15.9 Å². The summed E-state index contributed by atoms with van der Waals surface area (Å²) in [5.41, 5.74) is 1.73. The number of hydrogen-bond acceptors (Lipinski definition) is 5. The van der Waals surface area contributed by atoms with Crippen LogP contribution in [0.15, 0.2) is 46.9 Å². The molecule has 0 spiro atoms. The van der Waals surface area contributed by atoms with Crippen LogP contribution in [0.3, 0.4) is 0 Å². The summed E-state index contributed by atoms with van der Waals surface area (Å²) in [6.07, 6.45) is 1.17. The number of sulfone groups is 1. The van der Waals surface area contributed by atoms with Crippen molar-refractivity contribution in [3.63, 3.8) is 0 Å². The van der Waals surface area contributed by atoms with Crippen LogP contribution in [0.5, 0.6) is 5.75 Å². The minimum absolute atomic E-state index is 0.0580. The first-order chi connectivity index (χ1) is 11.3. The Morgan fingerprint density at radius 2 is 1.79 bits per heavy atom. The van der Waals surface area contributed by atoms with Crippen LogP contribution < -0.4 is 4.74 Å². The number of rotatable bonds is 6. The molecule has 0 unspecified atom stereocenters. The van der Waals surface area contributed by atoms with Crippen molar-refractivity contribution >= 4 is 31.7 Å². The molecule has 128 valence electrons. The highest BCUT2D eigenvalue weighted by atomic mass is 79.9. The number of carbonyl (C=O) groups is 1. The summed E-state index contributed by atoms with van der Waals surface area (Å²) >= 11 is 3.36. The van der Waals surface area contributed by atoms with E-state index >= 15 is 0 Å². The molecule has 2 rings (SSSR count). The van der Waals surface area contributed by atoms with Crippen LogP contribution in [0.25, 0.3) is 0 Å². The molecule has 0 bridgehead atoms. The zero-order valence-electron chi connectivity index (χ0n) is 13.3. The quantitative estimate of drug-likeness (QED) is 0.680. The Morgan fingerprint density at radius 1 is 1.12 bits per heavy atom. The zero-order valence-corrected chi connectivity index (χ0v) is 15.7. The molecule has 0 aliphatic carbocycles. The van der Waals surface area contributed by atoms with Crippen molar-refractivity contribution in [2.75, 3.05) is 13.4 Å². The Balaban J connectivity index is 2.04. The number of methoxy groups -OCH3 is 1. The Bertz CT molecular complexity index is 829. The van der Waals surface area contributed by atoms with Gasteiger partial charge in [0.1, 0.15) is 12.4 Å². The molecule has 0 atom stereocenters. The third kappa shape index (κ3) is 5.35. The van der Waals surface area contributed by atoms with Gasteiger partial charge in [-0.25, -0.2) is 13.2 Å². The molecular formula is C17H17BrO5S. The molecule has 2 aromatic rings. The van der Waals surface area contributed by atoms with Crippen LogP contribution >= 0.6 is 15.9 Å². The molecule has 7 heteroatoms. The van der Waals surface area contributed by atoms with Crippen molar-refractivity contribution in [1.29, 1.82) is 0 Å². The van der Waals surface area contributed by atoms with Crippen molar-refractivity contribution in [1.82, 2.24) is 0 Å². The fourth-order valence-corrected chi connectivity index (χ4v) is 3.33. The van der Waals surface area contributed by atoms with Gasteiger partial charge in [-0.2, -0.15) is 0 Å². The van der Waals surface area contributed by atoms with E-state index in [9.17, 15) is 13.2 Å². The van der Waals surface area contributed by atoms with E-state index in [1.807, 2.05) is 12.1 Å². The van der Waals surface area contributed by atoms with E-state index in [0.717, 1.165) is 10.0 Å². The first-order valence-corrected chi connectivity index (χ1v) is 9.90. The van der Waals surface area contributed by atoms with E-state index in [-0.39, 0.29) is 12.4 Å². The molecule has 0 saturated heterocycles. The highest BCUT2D eigenvalue weighted by molar-refractivity contribution is 9.10. The molecule has 0 heterocycles. The topological polar surface area (TPSA) is 69.7 Å². The van der Waals surface area contributed by atoms with Crippen molar-refractivity contribution in [2.24, 2.45) is 0 Å². The fourth-order valence-electron chi connectivity index (χ4n) is 2.13. The molecule has 0 fully saturated rings. The fraction of sp³-hybridized carbons (Fsp3) is 0.235. The second kappa shape index (κ2) is 7.81. The minimum atomic E-state index is -3.10. The maximum absolute atomic E-state index is 12.1. The summed E-state index contributed by atoms with van der Waals surface area (Å²) in [4.78, 5) is 12.1. The van der Waals surface area contributed by atoms with Crippen LogP contribution in [0, 0.1) is 0 Å². The average Bonchev–Trinajstić information content (AvgIpc) is 2.52. The highest BCUT2D eigenvalue weighted by Gasteiger charge is 2.11. The molecule has 0 aliphatic rings. The van der Waals surface area contributed by atoms with Gasteiger partial charge in [-0.05, 0) is 35.9 Å². The number of ether oxygens (including phenoxy) is 2. The molecule has 24 heavy (non-hydrogen) atoms. The molecular weight excluding hydrogens is 396 g/mol. The van der Waals surface area contributed by atoms with Crippen LogP contribution in [0.4, 0.5) is 0 Å². The lowest BCUT2D eigenvalue weighted by molar-refractivity contribution is 0.0470. The van der Waals surface area contributed by atoms with Crippen molar-refractivity contribution in [2.45, 2.75) is 12.4 Å². The van der Waals surface area contributed by atoms with Crippen molar-refractivity contribution in [3.05, 3.63) is 63.6 Å². The van der Waals surface area contributed by atoms with E-state index < -0.39 is 15.8 Å². The summed E-state index contributed by atoms with van der Waals surface area (Å²) in [7, 11) is -1.55. The lowest BCUT2D eigenvalue weighted by Crippen LogP contribution is -2.07. The van der Waals surface area contributed by atoms with Gasteiger partial charge in [-0.3, -0.25) is 0 Å². The van der Waals surface area contributed by atoms with Gasteiger partial charge < -0.3 is 9.47 Å². The summed E-state index contributed by atoms with van der Waals surface area (Å²) < 4.78 is 33.9. The molecule has 2 aromatic carbocycles. The monoisotopic (exact) mass is 412 g/mol. The molecule has 0 aliphatic heterocycles. The summed E-state index contributed by atoms with van der Waals surface area (Å²) in [5.74, 6) is 0.0924. The SMILES string of the molecule is COc1ccc(Br)cc1COC(=O)c1ccc(CS(C)(=O)=O)cc1. The number of hydrogen-bond donors (Lipinski definition) is 0. The van der Waals surface area contributed by atoms with Crippen LogP contribution in [-0.2, 0) is 26.9 Å². The minimum Gasteiger partial charge on any atom is -0.496 e. The van der Waals surface area contributed by atoms with Gasteiger partial charge in [0, 0.05) is 16.3 Å². The van der Waals surface area contributed by atoms with E-state index in [1.54, 1.807) is 37.4 Å². The maximum atomic E-state index is 12.1. The van der Waals surface area contributed by atoms with Gasteiger partial charge in [0.05, 0.1) is 18.4 Å². The number of halogens is 1. The van der Waals surface area contributed by atoms with Gasteiger partial charge in [0.2, 0.25) is 0 Å². The number of benzene rings is 2. The summed E-state index contributed by atoms with van der Waals surface area (Å²) in [6, 6.07) is 11.8. The van der Waals surface area contributed by atoms with Gasteiger partial charge in [0.15, 0.2) is 9.84 Å². The standard InChI is InChI=1S/C17H17BrO5S/c1-22-16-8-7-15(18)9-14(16)10-23-17(19)13-5-3-12(4-6-13)11-24(2,20)21/h3-9H,10-11H2,1-2H3. The highest BCUT2D eigenvalue weighted by Crippen LogP contribution is 2.24. The Labute approximate surface area is 149 Å². The van der Waals surface area contributed by atoms with E-state index in [4.69, 9.17) is 9.47 Å². The van der Waals surface area contributed by atoms with Gasteiger partial charge >= 0.3 is 5.97 Å². The largest absolute Gasteiger partial charge is 0.496 e. The Kier molecular flexibility index (Phi) is 6.01. The molecule has 0 N–H and O–H groups in total. The third-order valence-electron chi connectivity index (χ3n) is 3.22. The maximum Gasteiger partial charge on any atom is 0.338 e. The van der Waals surface area contributed by atoms with Crippen LogP contribution in [-0.4, -0.2) is 27.8 Å². The number of carbonyl (C=O) groups excluding carboxylic acids is 1. The lowest BCUT2D eigenvalue weighted by atomic mass is 10.1. The average molecular weight is 413 g/mol. The smallest absolute Gasteiger partial charge is 0.338 e. The predicted octanol–water partition coefficient (Wildman–Crippen LogP) is 3.36. The molecule has 0 amide bonds. The van der Waals surface area contributed by atoms with E-state index in [0.29, 0.717) is 16.9 Å². The summed E-state index contributed by atoms with van der Waals surface area (Å²) in [5, 5.41) is 0. The second-order valence-electron chi connectivity index (χ2n) is 5.30. The van der Waals surface area contributed by atoms with Crippen molar-refractivity contribution < 1.29 is 22.7 Å². The Morgan fingerprint density at radius 3 is 2.38 bits per heavy atom. The van der Waals surface area contributed by atoms with Crippen molar-refractivity contribution in [3.8, 4) is 5.75 Å². The Hall–Kier alpha value is -1.86. The summed E-state index contributed by atoms with van der Waals surface area (Å²) in [6.45, 7) is 0.0759. The molecule has 0 saturated carbocycles. The molecule has 5 nitrogen and oxygen atoms in total. The number of esters is 1. The normalized spacial score (nSPS) is 11.1. The first kappa shape index (κ1) is 18.5. The third-order valence-corrected chi connectivity index (χ3v) is 4.57. The molecule has 0 radical (unpaired) electrons.